The summed E-state index contributed by atoms with van der Waals surface area (Å²) in [6.45, 7) is 1.89. The quantitative estimate of drug-likeness (QED) is 0.820. The number of amides is 1. The molecule has 26 heavy (non-hydrogen) atoms. The third-order valence-electron chi connectivity index (χ3n) is 5.33. The normalized spacial score (nSPS) is 23.8. The van der Waals surface area contributed by atoms with Crippen molar-refractivity contribution in [2.45, 2.75) is 57.2 Å². The zero-order valence-corrected chi connectivity index (χ0v) is 17.4. The molecule has 2 aromatic rings. The van der Waals surface area contributed by atoms with Crippen LogP contribution < -0.4 is 5.32 Å². The number of rotatable bonds is 4. The second kappa shape index (κ2) is 8.74. The monoisotopic (exact) mass is 417 g/mol. The molecule has 4 rings (SSSR count). The Hall–Kier alpha value is -1.08. The Morgan fingerprint density at radius 2 is 2.04 bits per heavy atom. The largest absolute Gasteiger partial charge is 0.440 e. The molecule has 144 valence electrons. The van der Waals surface area contributed by atoms with Crippen LogP contribution in [0.5, 0.6) is 0 Å². The van der Waals surface area contributed by atoms with E-state index in [1.165, 1.54) is 12.8 Å². The maximum absolute atomic E-state index is 12.7. The van der Waals surface area contributed by atoms with Crippen molar-refractivity contribution in [1.82, 2.24) is 15.2 Å². The summed E-state index contributed by atoms with van der Waals surface area (Å²) < 4.78 is 5.75. The van der Waals surface area contributed by atoms with Crippen molar-refractivity contribution in [1.29, 1.82) is 0 Å². The third kappa shape index (κ3) is 4.25. The van der Waals surface area contributed by atoms with E-state index >= 15 is 0 Å². The van der Waals surface area contributed by atoms with Crippen LogP contribution in [0.4, 0.5) is 0 Å². The molecule has 2 unspecified atom stereocenters. The third-order valence-corrected chi connectivity index (χ3v) is 6.19. The van der Waals surface area contributed by atoms with Gasteiger partial charge < -0.3 is 14.6 Å². The number of oxazole rings is 1. The first-order valence-corrected chi connectivity index (χ1v) is 9.50. The average molecular weight is 418 g/mol. The van der Waals surface area contributed by atoms with Crippen LogP contribution >= 0.6 is 36.2 Å². The van der Waals surface area contributed by atoms with Gasteiger partial charge in [-0.05, 0) is 44.1 Å². The van der Waals surface area contributed by atoms with Gasteiger partial charge in [0.05, 0.1) is 17.0 Å². The molecule has 2 aliphatic rings. The van der Waals surface area contributed by atoms with Gasteiger partial charge >= 0.3 is 0 Å². The first-order valence-electron chi connectivity index (χ1n) is 8.62. The van der Waals surface area contributed by atoms with Gasteiger partial charge in [-0.25, -0.2) is 4.98 Å². The number of nitrogens with one attached hydrogen (secondary N) is 1. The van der Waals surface area contributed by atoms with Gasteiger partial charge in [0.2, 0.25) is 11.8 Å². The minimum absolute atomic E-state index is 0. The van der Waals surface area contributed by atoms with E-state index in [2.05, 4.69) is 10.3 Å². The van der Waals surface area contributed by atoms with Crippen molar-refractivity contribution in [3.05, 3.63) is 29.0 Å². The van der Waals surface area contributed by atoms with Gasteiger partial charge in [-0.2, -0.15) is 0 Å². The summed E-state index contributed by atoms with van der Waals surface area (Å²) in [6.07, 6.45) is 4.94. The summed E-state index contributed by atoms with van der Waals surface area (Å²) >= 11 is 1.59. The summed E-state index contributed by atoms with van der Waals surface area (Å²) in [5.41, 5.74) is 0.757. The zero-order chi connectivity index (χ0) is 16.7. The SMILES string of the molecule is Cc1oc(-c2cccs2)nc1CC(=O)N(C)C1CC2CCC(C1)N2.Cl.Cl. The maximum atomic E-state index is 12.7. The molecule has 1 amide bonds. The van der Waals surface area contributed by atoms with E-state index < -0.39 is 0 Å². The van der Waals surface area contributed by atoms with Crippen LogP contribution in [0.2, 0.25) is 0 Å². The van der Waals surface area contributed by atoms with Crippen molar-refractivity contribution < 1.29 is 9.21 Å². The number of aryl methyl sites for hydroxylation is 1. The van der Waals surface area contributed by atoms with E-state index in [0.717, 1.165) is 29.2 Å². The molecule has 2 atom stereocenters. The van der Waals surface area contributed by atoms with Crippen LogP contribution in [0.3, 0.4) is 0 Å². The van der Waals surface area contributed by atoms with Gasteiger partial charge in [0.25, 0.3) is 0 Å². The number of piperidine rings is 1. The predicted octanol–water partition coefficient (Wildman–Crippen LogP) is 3.84. The fourth-order valence-electron chi connectivity index (χ4n) is 3.91. The number of hydrogen-bond donors (Lipinski definition) is 1. The lowest BCUT2D eigenvalue weighted by Crippen LogP contribution is -2.49. The lowest BCUT2D eigenvalue weighted by Gasteiger charge is -2.35. The number of carbonyl (C=O) groups is 1. The molecule has 0 radical (unpaired) electrons. The number of thiophene rings is 1. The van der Waals surface area contributed by atoms with Crippen LogP contribution in [0.15, 0.2) is 21.9 Å². The molecule has 0 spiro atoms. The Morgan fingerprint density at radius 3 is 2.65 bits per heavy atom. The Morgan fingerprint density at radius 1 is 1.35 bits per heavy atom. The molecule has 5 nitrogen and oxygen atoms in total. The summed E-state index contributed by atoms with van der Waals surface area (Å²) in [5, 5.41) is 5.63. The highest BCUT2D eigenvalue weighted by atomic mass is 35.5. The first kappa shape index (κ1) is 21.2. The summed E-state index contributed by atoms with van der Waals surface area (Å²) in [4.78, 5) is 20.2. The molecule has 8 heteroatoms. The Balaban J connectivity index is 0.00000121. The molecule has 0 saturated carbocycles. The van der Waals surface area contributed by atoms with Gasteiger partial charge in [-0.3, -0.25) is 4.79 Å². The summed E-state index contributed by atoms with van der Waals surface area (Å²) in [7, 11) is 1.94. The van der Waals surface area contributed by atoms with Crippen molar-refractivity contribution >= 4 is 42.1 Å². The van der Waals surface area contributed by atoms with E-state index in [9.17, 15) is 4.79 Å². The fraction of sp³-hybridized carbons (Fsp3) is 0.556. The van der Waals surface area contributed by atoms with Crippen molar-refractivity contribution in [3.63, 3.8) is 0 Å². The minimum Gasteiger partial charge on any atom is -0.440 e. The average Bonchev–Trinajstić information content (AvgIpc) is 3.28. The van der Waals surface area contributed by atoms with E-state index in [1.807, 2.05) is 36.4 Å². The van der Waals surface area contributed by atoms with Gasteiger partial charge in [-0.15, -0.1) is 36.2 Å². The summed E-state index contributed by atoms with van der Waals surface area (Å²) in [5.74, 6) is 1.49. The van der Waals surface area contributed by atoms with Crippen LogP contribution in [-0.4, -0.2) is 41.0 Å². The summed E-state index contributed by atoms with van der Waals surface area (Å²) in [6, 6.07) is 5.48. The van der Waals surface area contributed by atoms with Crippen LogP contribution in [0.25, 0.3) is 10.8 Å². The van der Waals surface area contributed by atoms with Crippen molar-refractivity contribution in [3.8, 4) is 10.8 Å². The van der Waals surface area contributed by atoms with E-state index in [4.69, 9.17) is 4.42 Å². The van der Waals surface area contributed by atoms with Crippen LogP contribution in [0.1, 0.15) is 37.1 Å². The first-order chi connectivity index (χ1) is 11.6. The topological polar surface area (TPSA) is 58.4 Å². The second-order valence-electron chi connectivity index (χ2n) is 6.94. The lowest BCUT2D eigenvalue weighted by atomic mass is 9.98. The second-order valence-corrected chi connectivity index (χ2v) is 7.89. The fourth-order valence-corrected chi connectivity index (χ4v) is 4.56. The highest BCUT2D eigenvalue weighted by molar-refractivity contribution is 7.13. The van der Waals surface area contributed by atoms with Crippen molar-refractivity contribution in [2.24, 2.45) is 0 Å². The van der Waals surface area contributed by atoms with E-state index in [1.54, 1.807) is 11.3 Å². The molecule has 4 heterocycles. The molecule has 2 aliphatic heterocycles. The predicted molar refractivity (Wildman–Crippen MR) is 108 cm³/mol. The van der Waals surface area contributed by atoms with Gasteiger partial charge in [0, 0.05) is 25.2 Å². The van der Waals surface area contributed by atoms with E-state index in [0.29, 0.717) is 30.4 Å². The molecule has 0 aliphatic carbocycles. The van der Waals surface area contributed by atoms with Gasteiger partial charge in [-0.1, -0.05) is 6.07 Å². The number of fused-ring (bicyclic) bond motifs is 2. The van der Waals surface area contributed by atoms with Crippen LogP contribution in [0, 0.1) is 6.92 Å². The number of aromatic nitrogens is 1. The maximum Gasteiger partial charge on any atom is 0.236 e. The Bertz CT molecular complexity index is 723. The smallest absolute Gasteiger partial charge is 0.236 e. The Labute approximate surface area is 170 Å². The van der Waals surface area contributed by atoms with E-state index in [-0.39, 0.29) is 30.7 Å². The highest BCUT2D eigenvalue weighted by Crippen LogP contribution is 2.30. The Kier molecular flexibility index (Phi) is 7.13. The molecule has 1 N–H and O–H groups in total. The highest BCUT2D eigenvalue weighted by Gasteiger charge is 2.36. The molecule has 2 fully saturated rings. The molecule has 0 aromatic carbocycles. The van der Waals surface area contributed by atoms with Gasteiger partial charge in [0.15, 0.2) is 0 Å². The van der Waals surface area contributed by atoms with Gasteiger partial charge in [0.1, 0.15) is 5.76 Å². The standard InChI is InChI=1S/C18H23N3O2S.2ClH/c1-11-15(20-18(23-11)16-4-3-7-24-16)10-17(22)21(2)14-8-12-5-6-13(9-14)19-12;;/h3-4,7,12-14,19H,5-6,8-10H2,1-2H3;2*1H. The number of carbonyl (C=O) groups excluding carboxylic acids is 1. The van der Waals surface area contributed by atoms with Crippen LogP contribution in [-0.2, 0) is 11.2 Å². The lowest BCUT2D eigenvalue weighted by molar-refractivity contribution is -0.132. The number of nitrogens with zero attached hydrogens (tertiary/aromatic N) is 2. The number of hydrogen-bond acceptors (Lipinski definition) is 5. The number of halogens is 2. The molecule has 2 aromatic heterocycles. The molecular formula is C18H25Cl2N3O2S. The molecular weight excluding hydrogens is 393 g/mol. The minimum atomic E-state index is 0. The molecule has 2 saturated heterocycles. The van der Waals surface area contributed by atoms with Crippen molar-refractivity contribution in [2.75, 3.05) is 7.05 Å². The zero-order valence-electron chi connectivity index (χ0n) is 14.9. The molecule has 2 bridgehead atoms. The number of likely N-dealkylation sites (N-methyl/N-ethyl adjacent to an activating group) is 1.